The first-order valence-electron chi connectivity index (χ1n) is 4.50. The van der Waals surface area contributed by atoms with Crippen molar-refractivity contribution in [2.45, 2.75) is 18.9 Å². The summed E-state index contributed by atoms with van der Waals surface area (Å²) in [5.41, 5.74) is 6.25. The molecule has 1 aromatic rings. The maximum atomic E-state index is 13.6. The summed E-state index contributed by atoms with van der Waals surface area (Å²) in [5, 5.41) is 0.451. The van der Waals surface area contributed by atoms with Crippen LogP contribution in [-0.2, 0) is 0 Å². The van der Waals surface area contributed by atoms with E-state index in [2.05, 4.69) is 0 Å². The molecule has 0 heterocycles. The summed E-state index contributed by atoms with van der Waals surface area (Å²) >= 11 is 11.6. The molecule has 0 saturated heterocycles. The molecule has 4 heteroatoms. The van der Waals surface area contributed by atoms with Crippen molar-refractivity contribution in [1.29, 1.82) is 0 Å². The highest BCUT2D eigenvalue weighted by Crippen LogP contribution is 2.43. The number of halogens is 3. The van der Waals surface area contributed by atoms with E-state index in [1.165, 1.54) is 6.07 Å². The Balaban J connectivity index is 2.43. The van der Waals surface area contributed by atoms with Crippen LogP contribution in [0, 0.1) is 11.7 Å². The fraction of sp³-hybridized carbons (Fsp3) is 0.400. The van der Waals surface area contributed by atoms with Crippen LogP contribution < -0.4 is 5.73 Å². The Labute approximate surface area is 92.0 Å². The highest BCUT2D eigenvalue weighted by molar-refractivity contribution is 6.33. The molecule has 1 aliphatic carbocycles. The fourth-order valence-corrected chi connectivity index (χ4v) is 1.98. The van der Waals surface area contributed by atoms with E-state index >= 15 is 0 Å². The van der Waals surface area contributed by atoms with Gasteiger partial charge >= 0.3 is 0 Å². The average molecular weight is 234 g/mol. The molecule has 0 aromatic heterocycles. The minimum atomic E-state index is -0.474. The number of benzene rings is 1. The van der Waals surface area contributed by atoms with Crippen LogP contribution in [0.3, 0.4) is 0 Å². The van der Waals surface area contributed by atoms with E-state index in [-0.39, 0.29) is 11.1 Å². The van der Waals surface area contributed by atoms with Gasteiger partial charge in [-0.2, -0.15) is 0 Å². The molecule has 0 spiro atoms. The Morgan fingerprint density at radius 3 is 2.43 bits per heavy atom. The van der Waals surface area contributed by atoms with Gasteiger partial charge in [0, 0.05) is 16.6 Å². The van der Waals surface area contributed by atoms with E-state index in [1.807, 2.05) is 0 Å². The number of hydrogen-bond donors (Lipinski definition) is 1. The summed E-state index contributed by atoms with van der Waals surface area (Å²) in [6.07, 6.45) is 2.09. The van der Waals surface area contributed by atoms with Crippen LogP contribution in [0.4, 0.5) is 4.39 Å². The molecule has 1 aromatic carbocycles. The second-order valence-corrected chi connectivity index (χ2v) is 4.43. The van der Waals surface area contributed by atoms with Crippen molar-refractivity contribution in [2.24, 2.45) is 11.7 Å². The van der Waals surface area contributed by atoms with Crippen LogP contribution in [0.15, 0.2) is 12.1 Å². The van der Waals surface area contributed by atoms with Gasteiger partial charge in [0.05, 0.1) is 5.02 Å². The SMILES string of the molecule is N[C@H](c1c(Cl)ccc(Cl)c1F)C1CC1. The summed E-state index contributed by atoms with van der Waals surface area (Å²) in [7, 11) is 0. The smallest absolute Gasteiger partial charge is 0.148 e. The minimum absolute atomic E-state index is 0.0838. The standard InChI is InChI=1S/C10H10Cl2FN/c11-6-3-4-7(12)9(13)8(6)10(14)5-1-2-5/h3-5,10H,1-2,14H2/t10-/m0/s1. The van der Waals surface area contributed by atoms with E-state index in [1.54, 1.807) is 6.07 Å². The van der Waals surface area contributed by atoms with E-state index in [0.717, 1.165) is 12.8 Å². The van der Waals surface area contributed by atoms with Crippen molar-refractivity contribution in [1.82, 2.24) is 0 Å². The molecule has 1 atom stereocenters. The van der Waals surface area contributed by atoms with Gasteiger partial charge in [-0.25, -0.2) is 4.39 Å². The molecular formula is C10H10Cl2FN. The normalized spacial score (nSPS) is 18.3. The van der Waals surface area contributed by atoms with Crippen LogP contribution in [0.1, 0.15) is 24.4 Å². The lowest BCUT2D eigenvalue weighted by Gasteiger charge is -2.14. The zero-order valence-electron chi connectivity index (χ0n) is 7.43. The molecule has 0 aliphatic heterocycles. The Bertz CT molecular complexity index is 363. The molecule has 76 valence electrons. The van der Waals surface area contributed by atoms with Crippen molar-refractivity contribution in [3.05, 3.63) is 33.6 Å². The molecule has 1 aliphatic rings. The molecule has 0 unspecified atom stereocenters. The maximum Gasteiger partial charge on any atom is 0.148 e. The van der Waals surface area contributed by atoms with Crippen LogP contribution in [0.5, 0.6) is 0 Å². The van der Waals surface area contributed by atoms with Crippen molar-refractivity contribution >= 4 is 23.2 Å². The summed E-state index contributed by atoms with van der Waals surface area (Å²) in [5.74, 6) is -0.112. The van der Waals surface area contributed by atoms with Crippen molar-refractivity contribution in [2.75, 3.05) is 0 Å². The first kappa shape index (κ1) is 10.2. The summed E-state index contributed by atoms with van der Waals surface area (Å²) in [6, 6.07) is 2.72. The molecule has 14 heavy (non-hydrogen) atoms. The van der Waals surface area contributed by atoms with E-state index in [4.69, 9.17) is 28.9 Å². The van der Waals surface area contributed by atoms with Gasteiger partial charge in [-0.05, 0) is 30.9 Å². The minimum Gasteiger partial charge on any atom is -0.324 e. The van der Waals surface area contributed by atoms with Crippen LogP contribution >= 0.6 is 23.2 Å². The monoisotopic (exact) mass is 233 g/mol. The number of hydrogen-bond acceptors (Lipinski definition) is 1. The zero-order chi connectivity index (χ0) is 10.3. The van der Waals surface area contributed by atoms with Crippen LogP contribution in [0.25, 0.3) is 0 Å². The average Bonchev–Trinajstić information content (AvgIpc) is 2.95. The number of rotatable bonds is 2. The van der Waals surface area contributed by atoms with Gasteiger partial charge in [0.25, 0.3) is 0 Å². The summed E-state index contributed by atoms with van der Waals surface area (Å²) in [4.78, 5) is 0. The third-order valence-corrected chi connectivity index (χ3v) is 3.16. The summed E-state index contributed by atoms with van der Waals surface area (Å²) in [6.45, 7) is 0. The first-order chi connectivity index (χ1) is 6.61. The Hall–Kier alpha value is -0.310. The topological polar surface area (TPSA) is 26.0 Å². The van der Waals surface area contributed by atoms with Gasteiger partial charge in [0.1, 0.15) is 5.82 Å². The fourth-order valence-electron chi connectivity index (χ4n) is 1.54. The van der Waals surface area contributed by atoms with E-state index < -0.39 is 5.82 Å². The lowest BCUT2D eigenvalue weighted by atomic mass is 10.0. The first-order valence-corrected chi connectivity index (χ1v) is 5.26. The Morgan fingerprint density at radius 1 is 1.29 bits per heavy atom. The second kappa shape index (κ2) is 3.69. The molecule has 0 amide bonds. The molecule has 1 fully saturated rings. The maximum absolute atomic E-state index is 13.6. The Kier molecular flexibility index (Phi) is 2.69. The Morgan fingerprint density at radius 2 is 1.86 bits per heavy atom. The third-order valence-electron chi connectivity index (χ3n) is 2.54. The van der Waals surface area contributed by atoms with Crippen molar-refractivity contribution < 1.29 is 4.39 Å². The van der Waals surface area contributed by atoms with Gasteiger partial charge in [-0.3, -0.25) is 0 Å². The van der Waals surface area contributed by atoms with Gasteiger partial charge in [0.15, 0.2) is 0 Å². The van der Waals surface area contributed by atoms with E-state index in [9.17, 15) is 4.39 Å². The molecule has 1 saturated carbocycles. The molecular weight excluding hydrogens is 224 g/mol. The predicted octanol–water partition coefficient (Wildman–Crippen LogP) is 3.54. The molecule has 0 bridgehead atoms. The van der Waals surface area contributed by atoms with Crippen molar-refractivity contribution in [3.63, 3.8) is 0 Å². The second-order valence-electron chi connectivity index (χ2n) is 3.62. The molecule has 0 radical (unpaired) electrons. The van der Waals surface area contributed by atoms with Gasteiger partial charge in [-0.1, -0.05) is 23.2 Å². The third kappa shape index (κ3) is 1.74. The van der Waals surface area contributed by atoms with Gasteiger partial charge in [-0.15, -0.1) is 0 Å². The van der Waals surface area contributed by atoms with E-state index in [0.29, 0.717) is 16.5 Å². The highest BCUT2D eigenvalue weighted by atomic mass is 35.5. The largest absolute Gasteiger partial charge is 0.324 e. The van der Waals surface area contributed by atoms with Gasteiger partial charge < -0.3 is 5.73 Å². The number of nitrogens with two attached hydrogens (primary N) is 1. The zero-order valence-corrected chi connectivity index (χ0v) is 8.95. The lowest BCUT2D eigenvalue weighted by Crippen LogP contribution is -2.15. The van der Waals surface area contributed by atoms with Crippen molar-refractivity contribution in [3.8, 4) is 0 Å². The lowest BCUT2D eigenvalue weighted by molar-refractivity contribution is 0.554. The van der Waals surface area contributed by atoms with Crippen LogP contribution in [-0.4, -0.2) is 0 Å². The molecule has 2 N–H and O–H groups in total. The van der Waals surface area contributed by atoms with Gasteiger partial charge in [0.2, 0.25) is 0 Å². The quantitative estimate of drug-likeness (QED) is 0.778. The molecule has 2 rings (SSSR count). The summed E-state index contributed by atoms with van der Waals surface area (Å²) < 4.78 is 13.6. The molecule has 1 nitrogen and oxygen atoms in total. The predicted molar refractivity (Wildman–Crippen MR) is 56.1 cm³/mol. The van der Waals surface area contributed by atoms with Crippen LogP contribution in [0.2, 0.25) is 10.0 Å². The highest BCUT2D eigenvalue weighted by Gasteiger charge is 2.32.